The molecule has 4 rings (SSSR count). The molecule has 0 radical (unpaired) electrons. The van der Waals surface area contributed by atoms with E-state index in [9.17, 15) is 31.7 Å². The highest BCUT2D eigenvalue weighted by Crippen LogP contribution is 2.49. The number of hydrogen-bond acceptors (Lipinski definition) is 8. The van der Waals surface area contributed by atoms with E-state index in [0.29, 0.717) is 5.69 Å². The number of benzene rings is 2. The zero-order valence-electron chi connectivity index (χ0n) is 26.0. The molecule has 46 heavy (non-hydrogen) atoms. The predicted molar refractivity (Wildman–Crippen MR) is 166 cm³/mol. The van der Waals surface area contributed by atoms with Crippen LogP contribution in [-0.4, -0.2) is 63.0 Å². The van der Waals surface area contributed by atoms with Crippen LogP contribution in [0.4, 0.5) is 23.2 Å². The van der Waals surface area contributed by atoms with Crippen LogP contribution in [0.2, 0.25) is 0 Å². The number of pyridine rings is 1. The van der Waals surface area contributed by atoms with Crippen LogP contribution in [-0.2, 0) is 22.1 Å². The summed E-state index contributed by atoms with van der Waals surface area (Å²) < 4.78 is 84.8. The summed E-state index contributed by atoms with van der Waals surface area (Å²) in [6.45, 7) is 6.74. The predicted octanol–water partition coefficient (Wildman–Crippen LogP) is 5.37. The minimum absolute atomic E-state index is 0.0553. The molecule has 9 nitrogen and oxygen atoms in total. The Labute approximate surface area is 266 Å². The van der Waals surface area contributed by atoms with Crippen LogP contribution in [0.3, 0.4) is 0 Å². The first kappa shape index (κ1) is 35.3. The maximum absolute atomic E-state index is 14.8. The Morgan fingerprint density at radius 3 is 2.39 bits per heavy atom. The molecular weight excluding hydrogens is 630 g/mol. The van der Waals surface area contributed by atoms with Gasteiger partial charge in [-0.15, -0.1) is 0 Å². The van der Waals surface area contributed by atoms with Gasteiger partial charge in [0.15, 0.2) is 11.5 Å². The lowest BCUT2D eigenvalue weighted by Gasteiger charge is -2.32. The first-order chi connectivity index (χ1) is 21.4. The molecule has 0 amide bonds. The van der Waals surface area contributed by atoms with Crippen molar-refractivity contribution in [2.24, 2.45) is 0 Å². The van der Waals surface area contributed by atoms with Crippen LogP contribution in [0, 0.1) is 5.82 Å². The standard InChI is InChI=1S/C32H37F4N3O6S/c1-29(2,3)46(43)39-30(4)18-45-28-22(30)17-26(38-27(28)19-6-9-21(33)10-7-19)31(42,32(34,35)36)13-12-24(41)20-8-11-23(37-14-15-40)25(16-20)44-5/h6-11,16-17,37,39-40,42H,12-15,18H2,1-5H3. The number of halogens is 4. The number of nitrogens with one attached hydrogen (secondary N) is 2. The number of rotatable bonds is 12. The summed E-state index contributed by atoms with van der Waals surface area (Å²) in [6.07, 6.45) is -7.06. The molecule has 4 N–H and O–H groups in total. The summed E-state index contributed by atoms with van der Waals surface area (Å²) in [6, 6.07) is 10.2. The van der Waals surface area contributed by atoms with Gasteiger partial charge in [-0.3, -0.25) is 4.79 Å². The average molecular weight is 668 g/mol. The average Bonchev–Trinajstić information content (AvgIpc) is 3.33. The van der Waals surface area contributed by atoms with Gasteiger partial charge >= 0.3 is 6.18 Å². The largest absolute Gasteiger partial charge is 0.495 e. The summed E-state index contributed by atoms with van der Waals surface area (Å²) in [7, 11) is -0.308. The van der Waals surface area contributed by atoms with E-state index in [4.69, 9.17) is 14.6 Å². The fourth-order valence-corrected chi connectivity index (χ4v) is 5.78. The van der Waals surface area contributed by atoms with Crippen LogP contribution < -0.4 is 19.5 Å². The third-order valence-corrected chi connectivity index (χ3v) is 9.37. The molecule has 3 atom stereocenters. The lowest BCUT2D eigenvalue weighted by molar-refractivity contribution is -0.270. The highest BCUT2D eigenvalue weighted by molar-refractivity contribution is 7.84. The molecule has 14 heteroatoms. The van der Waals surface area contributed by atoms with Crippen molar-refractivity contribution in [2.75, 3.05) is 32.2 Å². The zero-order chi connectivity index (χ0) is 34.1. The number of anilines is 1. The van der Waals surface area contributed by atoms with Crippen molar-refractivity contribution in [3.05, 3.63) is 71.2 Å². The van der Waals surface area contributed by atoms with E-state index in [1.54, 1.807) is 27.7 Å². The van der Waals surface area contributed by atoms with E-state index in [1.807, 2.05) is 0 Å². The van der Waals surface area contributed by atoms with Crippen molar-refractivity contribution in [3.63, 3.8) is 0 Å². The van der Waals surface area contributed by atoms with Crippen LogP contribution >= 0.6 is 0 Å². The first-order valence-electron chi connectivity index (χ1n) is 14.4. The first-order valence-corrected chi connectivity index (χ1v) is 15.6. The van der Waals surface area contributed by atoms with Gasteiger partial charge in [-0.1, -0.05) is 0 Å². The Kier molecular flexibility index (Phi) is 10.2. The van der Waals surface area contributed by atoms with E-state index < -0.39 is 63.2 Å². The van der Waals surface area contributed by atoms with Gasteiger partial charge in [-0.25, -0.2) is 18.3 Å². The molecule has 3 aromatic rings. The third kappa shape index (κ3) is 7.19. The SMILES string of the molecule is COc1cc(C(=O)CCC(O)(c2cc3c(c(-c4ccc(F)cc4)n2)OCC3(C)NS(=O)C(C)(C)C)C(F)(F)F)ccc1NCCO. The maximum atomic E-state index is 14.8. The van der Waals surface area contributed by atoms with Crippen LogP contribution in [0.5, 0.6) is 11.5 Å². The minimum atomic E-state index is -5.28. The number of methoxy groups -OCH3 is 1. The molecule has 2 aromatic carbocycles. The fourth-order valence-electron chi connectivity index (χ4n) is 4.90. The van der Waals surface area contributed by atoms with E-state index in [0.717, 1.165) is 18.2 Å². The quantitative estimate of drug-likeness (QED) is 0.150. The molecule has 0 fully saturated rings. The lowest BCUT2D eigenvalue weighted by Crippen LogP contribution is -2.47. The van der Waals surface area contributed by atoms with Gasteiger partial charge < -0.3 is 25.0 Å². The monoisotopic (exact) mass is 667 g/mol. The maximum Gasteiger partial charge on any atom is 0.422 e. The number of fused-ring (bicyclic) bond motifs is 1. The van der Waals surface area contributed by atoms with Gasteiger partial charge in [0.1, 0.15) is 23.9 Å². The van der Waals surface area contributed by atoms with Gasteiger partial charge in [0.25, 0.3) is 0 Å². The topological polar surface area (TPSA) is 130 Å². The fraction of sp³-hybridized carbons (Fsp3) is 0.438. The zero-order valence-corrected chi connectivity index (χ0v) is 26.9. The molecule has 2 heterocycles. The van der Waals surface area contributed by atoms with Gasteiger partial charge in [-0.05, 0) is 82.6 Å². The van der Waals surface area contributed by atoms with Crippen molar-refractivity contribution < 1.29 is 46.3 Å². The second-order valence-corrected chi connectivity index (χ2v) is 14.2. The number of aliphatic hydroxyl groups excluding tert-OH is 1. The smallest absolute Gasteiger partial charge is 0.422 e. The number of aliphatic hydroxyl groups is 2. The number of Topliss-reactive ketones (excluding diaryl/α,β-unsaturated/α-hetero) is 1. The Morgan fingerprint density at radius 1 is 1.13 bits per heavy atom. The number of carbonyl (C=O) groups excluding carboxylic acids is 1. The Hall–Kier alpha value is -3.59. The lowest BCUT2D eigenvalue weighted by atomic mass is 9.86. The number of carbonyl (C=O) groups is 1. The summed E-state index contributed by atoms with van der Waals surface area (Å²) in [5.74, 6) is -0.929. The van der Waals surface area contributed by atoms with E-state index >= 15 is 0 Å². The van der Waals surface area contributed by atoms with Crippen molar-refractivity contribution in [1.82, 2.24) is 9.71 Å². The number of alkyl halides is 3. The summed E-state index contributed by atoms with van der Waals surface area (Å²) in [4.78, 5) is 17.4. The molecule has 1 aliphatic rings. The summed E-state index contributed by atoms with van der Waals surface area (Å²) in [5.41, 5.74) is -4.81. The van der Waals surface area contributed by atoms with Crippen LogP contribution in [0.25, 0.3) is 11.3 Å². The number of nitrogens with zero attached hydrogens (tertiary/aromatic N) is 1. The van der Waals surface area contributed by atoms with Gasteiger partial charge in [0.05, 0.1) is 46.4 Å². The molecule has 0 bridgehead atoms. The molecular formula is C32H37F4N3O6S. The van der Waals surface area contributed by atoms with Crippen LogP contribution in [0.15, 0.2) is 48.5 Å². The molecule has 3 unspecified atom stereocenters. The molecule has 1 aliphatic heterocycles. The number of hydrogen-bond donors (Lipinski definition) is 4. The normalized spacial score (nSPS) is 18.3. The van der Waals surface area contributed by atoms with E-state index in [2.05, 4.69) is 15.0 Å². The van der Waals surface area contributed by atoms with Crippen molar-refractivity contribution in [1.29, 1.82) is 0 Å². The molecule has 0 saturated carbocycles. The van der Waals surface area contributed by atoms with Crippen molar-refractivity contribution >= 4 is 22.5 Å². The second-order valence-electron chi connectivity index (χ2n) is 12.2. The number of ether oxygens (including phenoxy) is 2. The van der Waals surface area contributed by atoms with E-state index in [1.165, 1.54) is 37.4 Å². The third-order valence-electron chi connectivity index (χ3n) is 7.62. The van der Waals surface area contributed by atoms with Crippen LogP contribution in [0.1, 0.15) is 62.2 Å². The number of ketones is 1. The Morgan fingerprint density at radius 2 is 1.80 bits per heavy atom. The highest BCUT2D eigenvalue weighted by Gasteiger charge is 2.57. The molecule has 0 spiro atoms. The van der Waals surface area contributed by atoms with E-state index in [-0.39, 0.29) is 53.6 Å². The minimum Gasteiger partial charge on any atom is -0.495 e. The van der Waals surface area contributed by atoms with Gasteiger partial charge in [0.2, 0.25) is 5.60 Å². The Bertz CT molecular complexity index is 1610. The summed E-state index contributed by atoms with van der Waals surface area (Å²) >= 11 is 0. The molecule has 250 valence electrons. The Balaban J connectivity index is 1.78. The van der Waals surface area contributed by atoms with Crippen molar-refractivity contribution in [3.8, 4) is 22.8 Å². The summed E-state index contributed by atoms with van der Waals surface area (Å²) in [5, 5.41) is 23.4. The van der Waals surface area contributed by atoms with Gasteiger partial charge in [0, 0.05) is 29.7 Å². The molecule has 0 saturated heterocycles. The molecule has 1 aromatic heterocycles. The molecule has 0 aliphatic carbocycles. The highest BCUT2D eigenvalue weighted by atomic mass is 32.2. The second kappa shape index (κ2) is 13.3. The van der Waals surface area contributed by atoms with Gasteiger partial charge in [-0.2, -0.15) is 13.2 Å². The number of aromatic nitrogens is 1. The van der Waals surface area contributed by atoms with Crippen molar-refractivity contribution in [2.45, 2.75) is 62.6 Å².